The van der Waals surface area contributed by atoms with E-state index in [4.69, 9.17) is 34.8 Å². The minimum Gasteiger partial charge on any atom is -0.481 e. The molecular weight excluding hydrogens is 941 g/mol. The van der Waals surface area contributed by atoms with Gasteiger partial charge in [0.15, 0.2) is 11.4 Å². The highest BCUT2D eigenvalue weighted by molar-refractivity contribution is 6.32. The summed E-state index contributed by atoms with van der Waals surface area (Å²) < 4.78 is 80.6. The van der Waals surface area contributed by atoms with E-state index in [-0.39, 0.29) is 55.5 Å². The van der Waals surface area contributed by atoms with Crippen LogP contribution in [0, 0.1) is 20.8 Å². The van der Waals surface area contributed by atoms with Gasteiger partial charge in [0, 0.05) is 73.7 Å². The van der Waals surface area contributed by atoms with Gasteiger partial charge in [-0.05, 0) is 88.9 Å². The van der Waals surface area contributed by atoms with E-state index in [9.17, 15) is 50.6 Å². The molecule has 5 heterocycles. The van der Waals surface area contributed by atoms with Crippen LogP contribution < -0.4 is 0 Å². The van der Waals surface area contributed by atoms with Crippen LogP contribution in [0.1, 0.15) is 65.1 Å². The number of aliphatic carboxylic acids is 1. The summed E-state index contributed by atoms with van der Waals surface area (Å²) in [7, 11) is 2.03. The molecule has 1 N–H and O–H groups in total. The Morgan fingerprint density at radius 2 is 0.985 bits per heavy atom. The maximum Gasteiger partial charge on any atom is 0.436 e. The van der Waals surface area contributed by atoms with Crippen molar-refractivity contribution in [2.75, 3.05) is 59.4 Å². The molecule has 0 radical (unpaired) electrons. The van der Waals surface area contributed by atoms with Crippen LogP contribution in [-0.4, -0.2) is 127 Å². The number of aromatic nitrogens is 4. The fourth-order valence-electron chi connectivity index (χ4n) is 8.75. The van der Waals surface area contributed by atoms with Gasteiger partial charge in [0.1, 0.15) is 13.1 Å². The third kappa shape index (κ3) is 10.6. The number of hydrogen-bond donors (Lipinski definition) is 1. The quantitative estimate of drug-likeness (QED) is 0.178. The summed E-state index contributed by atoms with van der Waals surface area (Å²) in [5.74, 6) is -1.72. The van der Waals surface area contributed by atoms with Crippen molar-refractivity contribution in [3.8, 4) is 0 Å². The summed E-state index contributed by atoms with van der Waals surface area (Å²) in [5, 5.41) is 17.5. The van der Waals surface area contributed by atoms with E-state index in [0.717, 1.165) is 28.0 Å². The number of carbonyl (C=O) groups excluding carboxylic acids is 3. The summed E-state index contributed by atoms with van der Waals surface area (Å²) in [6.45, 7) is 7.39. The van der Waals surface area contributed by atoms with Gasteiger partial charge < -0.3 is 24.7 Å². The number of halogens is 9. The lowest BCUT2D eigenvalue weighted by molar-refractivity contribution is -0.148. The summed E-state index contributed by atoms with van der Waals surface area (Å²) in [6.07, 6.45) is -8.10. The lowest BCUT2D eigenvalue weighted by Crippen LogP contribution is -2.57. The molecule has 3 saturated heterocycles. The molecule has 0 spiro atoms. The van der Waals surface area contributed by atoms with Crippen molar-refractivity contribution in [3.05, 3.63) is 103 Å². The molecule has 0 saturated carbocycles. The first-order valence-electron chi connectivity index (χ1n) is 21.1. The summed E-state index contributed by atoms with van der Waals surface area (Å²) in [5.41, 5.74) is -2.30. The summed E-state index contributed by atoms with van der Waals surface area (Å²) in [4.78, 5) is 58.7. The van der Waals surface area contributed by atoms with Crippen LogP contribution in [0.3, 0.4) is 0 Å². The van der Waals surface area contributed by atoms with Gasteiger partial charge >= 0.3 is 18.3 Å². The summed E-state index contributed by atoms with van der Waals surface area (Å²) >= 11 is 17.7. The largest absolute Gasteiger partial charge is 0.481 e. The number of alkyl halides is 6. The Kier molecular flexibility index (Phi) is 15.2. The normalized spacial score (nSPS) is 17.9. The molecule has 3 aliphatic rings. The second kappa shape index (κ2) is 19.8. The zero-order chi connectivity index (χ0) is 48.5. The monoisotopic (exact) mass is 988 g/mol. The van der Waals surface area contributed by atoms with Crippen molar-refractivity contribution in [1.29, 1.82) is 0 Å². The Labute approximate surface area is 392 Å². The van der Waals surface area contributed by atoms with Crippen molar-refractivity contribution in [2.24, 2.45) is 0 Å². The highest BCUT2D eigenvalue weighted by atomic mass is 35.5. The molecule has 3 fully saturated rings. The highest BCUT2D eigenvalue weighted by Crippen LogP contribution is 2.40. The average molecular weight is 990 g/mol. The number of piperidine rings is 2. The number of carboxylic acids is 1. The van der Waals surface area contributed by atoms with Crippen LogP contribution in [0.25, 0.3) is 0 Å². The van der Waals surface area contributed by atoms with Gasteiger partial charge in [-0.15, -0.1) is 0 Å². The predicted molar refractivity (Wildman–Crippen MR) is 233 cm³/mol. The average Bonchev–Trinajstić information content (AvgIpc) is 3.73. The van der Waals surface area contributed by atoms with Gasteiger partial charge in [0.25, 0.3) is 0 Å². The molecule has 358 valence electrons. The lowest BCUT2D eigenvalue weighted by atomic mass is 9.71. The number of rotatable bonds is 8. The fraction of sp³-hybridized carbons (Fsp3) is 0.500. The van der Waals surface area contributed by atoms with E-state index in [1.54, 1.807) is 41.3 Å². The fourth-order valence-corrected chi connectivity index (χ4v) is 9.25. The molecule has 3 aliphatic heterocycles. The van der Waals surface area contributed by atoms with Gasteiger partial charge in [-0.2, -0.15) is 36.5 Å². The Morgan fingerprint density at radius 3 is 1.38 bits per heavy atom. The van der Waals surface area contributed by atoms with Crippen molar-refractivity contribution < 1.29 is 50.6 Å². The van der Waals surface area contributed by atoms with Gasteiger partial charge in [-0.3, -0.25) is 28.5 Å². The van der Waals surface area contributed by atoms with Gasteiger partial charge in [-0.1, -0.05) is 59.1 Å². The van der Waals surface area contributed by atoms with Crippen molar-refractivity contribution in [3.63, 3.8) is 0 Å². The van der Waals surface area contributed by atoms with E-state index >= 15 is 0 Å². The van der Waals surface area contributed by atoms with Gasteiger partial charge in [0.05, 0.1) is 21.5 Å². The molecule has 4 aromatic rings. The first-order chi connectivity index (χ1) is 30.9. The van der Waals surface area contributed by atoms with E-state index in [1.165, 1.54) is 25.7 Å². The van der Waals surface area contributed by atoms with E-state index < -0.39 is 58.0 Å². The lowest BCUT2D eigenvalue weighted by Gasteiger charge is -2.45. The maximum atomic E-state index is 13.9. The maximum absolute atomic E-state index is 13.9. The van der Waals surface area contributed by atoms with Crippen molar-refractivity contribution in [2.45, 2.75) is 82.7 Å². The molecule has 2 aromatic carbocycles. The standard InChI is InChI=1S/C25H31ClF3N5O2.C19H18Cl2F3N3O3/c1-17-18(2)34(30-22(17)25(27,28)29)16-21(35)32-10-8-24(9-11-32,19-4-6-20(26)7-5-19)23(36)33-14-12-31(3)13-15-33;1-11-15(21)16(19(22,23)24)25-27(11)10-14(28)26-8-6-18(7-9-26,17(29)30)12-2-4-13(20)5-3-12/h4-7H,8-16H2,1-3H3;2-5H,6-10H2,1H3,(H,29,30). The number of likely N-dealkylation sites (N-methyl/N-ethyl adjacent to an activating group) is 1. The zero-order valence-electron chi connectivity index (χ0n) is 36.6. The SMILES string of the molecule is Cc1c(C(F)(F)F)nn(CC(=O)N2CCC(C(=O)N3CCN(C)CC3)(c3ccc(Cl)cc3)CC2)c1C.Cc1c(Cl)c(C(F)(F)F)nn1CC(=O)N1CCC(C(=O)O)(c2ccc(Cl)cc2)CC1. The first kappa shape index (κ1) is 50.6. The molecule has 2 aromatic heterocycles. The molecule has 0 unspecified atom stereocenters. The topological polar surface area (TPSA) is 137 Å². The minimum atomic E-state index is -4.72. The molecule has 3 amide bonds. The van der Waals surface area contributed by atoms with E-state index in [0.29, 0.717) is 60.3 Å². The number of carboxylic acid groups (broad SMARTS) is 1. The molecule has 66 heavy (non-hydrogen) atoms. The third-order valence-corrected chi connectivity index (χ3v) is 14.0. The molecular formula is C44H49Cl3F6N8O5. The van der Waals surface area contributed by atoms with E-state index in [2.05, 4.69) is 15.1 Å². The van der Waals surface area contributed by atoms with Crippen LogP contribution in [0.4, 0.5) is 26.3 Å². The van der Waals surface area contributed by atoms with Crippen LogP contribution in [-0.2, 0) is 55.5 Å². The molecule has 0 atom stereocenters. The number of amides is 3. The third-order valence-electron chi connectivity index (χ3n) is 13.1. The number of nitrogens with zero attached hydrogens (tertiary/aromatic N) is 8. The first-order valence-corrected chi connectivity index (χ1v) is 22.2. The smallest absolute Gasteiger partial charge is 0.436 e. The second-order valence-electron chi connectivity index (χ2n) is 17.0. The minimum absolute atomic E-state index is 0.0217. The second-order valence-corrected chi connectivity index (χ2v) is 18.2. The van der Waals surface area contributed by atoms with Crippen LogP contribution in [0.5, 0.6) is 0 Å². The van der Waals surface area contributed by atoms with Gasteiger partial charge in [-0.25, -0.2) is 0 Å². The van der Waals surface area contributed by atoms with Crippen LogP contribution in [0.2, 0.25) is 15.1 Å². The van der Waals surface area contributed by atoms with Crippen LogP contribution >= 0.6 is 34.8 Å². The van der Waals surface area contributed by atoms with E-state index in [1.807, 2.05) is 24.1 Å². The molecule has 7 rings (SSSR count). The van der Waals surface area contributed by atoms with Crippen molar-refractivity contribution in [1.82, 2.24) is 39.2 Å². The number of carbonyl (C=O) groups is 4. The van der Waals surface area contributed by atoms with Gasteiger partial charge in [0.2, 0.25) is 17.7 Å². The molecule has 22 heteroatoms. The molecule has 13 nitrogen and oxygen atoms in total. The van der Waals surface area contributed by atoms with Crippen molar-refractivity contribution >= 4 is 58.5 Å². The summed E-state index contributed by atoms with van der Waals surface area (Å²) in [6, 6.07) is 13.8. The Morgan fingerprint density at radius 1 is 0.591 bits per heavy atom. The predicted octanol–water partition coefficient (Wildman–Crippen LogP) is 7.67. The number of hydrogen-bond acceptors (Lipinski definition) is 7. The number of benzene rings is 2. The zero-order valence-corrected chi connectivity index (χ0v) is 38.8. The molecule has 0 aliphatic carbocycles. The highest BCUT2D eigenvalue weighted by Gasteiger charge is 2.47. The van der Waals surface area contributed by atoms with Crippen LogP contribution in [0.15, 0.2) is 48.5 Å². The number of piperazine rings is 1. The Bertz CT molecular complexity index is 2420. The Hall–Kier alpha value is -4.85. The Balaban J connectivity index is 0.000000222. The number of likely N-dealkylation sites (tertiary alicyclic amines) is 2. The molecule has 0 bridgehead atoms.